The van der Waals surface area contributed by atoms with Crippen molar-refractivity contribution in [2.75, 3.05) is 11.9 Å². The van der Waals surface area contributed by atoms with Crippen LogP contribution in [0.4, 0.5) is 5.69 Å². The van der Waals surface area contributed by atoms with E-state index in [1.54, 1.807) is 24.3 Å². The summed E-state index contributed by atoms with van der Waals surface area (Å²) < 4.78 is 1.13. The van der Waals surface area contributed by atoms with Crippen molar-refractivity contribution < 1.29 is 4.79 Å². The number of fused-ring (bicyclic) bond motifs is 1. The van der Waals surface area contributed by atoms with Crippen molar-refractivity contribution in [3.8, 4) is 6.07 Å². The van der Waals surface area contributed by atoms with Gasteiger partial charge in [-0.25, -0.2) is 0 Å². The fourth-order valence-corrected chi connectivity index (χ4v) is 4.02. The fourth-order valence-electron chi connectivity index (χ4n) is 3.62. The summed E-state index contributed by atoms with van der Waals surface area (Å²) in [6, 6.07) is 23.2. The summed E-state index contributed by atoms with van der Waals surface area (Å²) in [6.45, 7) is 2.74. The molecule has 1 aliphatic heterocycles. The van der Waals surface area contributed by atoms with Gasteiger partial charge in [0.1, 0.15) is 0 Å². The number of nitrogens with zero attached hydrogens (tertiary/aromatic N) is 2. The highest BCUT2D eigenvalue weighted by Gasteiger charge is 2.17. The zero-order chi connectivity index (χ0) is 20.2. The second-order valence-electron chi connectivity index (χ2n) is 7.22. The molecule has 1 N–H and O–H groups in total. The second kappa shape index (κ2) is 9.90. The highest BCUT2D eigenvalue weighted by atomic mass is 79.9. The van der Waals surface area contributed by atoms with Crippen LogP contribution in [0.1, 0.15) is 32.6 Å². The molecule has 1 amide bonds. The molecule has 1 aliphatic rings. The minimum Gasteiger partial charge on any atom is -0.322 e. The van der Waals surface area contributed by atoms with E-state index in [2.05, 4.69) is 56.5 Å². The van der Waals surface area contributed by atoms with Crippen LogP contribution >= 0.6 is 28.3 Å². The maximum absolute atomic E-state index is 12.6. The number of carbonyl (C=O) groups excluding carboxylic acids is 1. The van der Waals surface area contributed by atoms with Crippen LogP contribution in [-0.4, -0.2) is 17.4 Å². The summed E-state index contributed by atoms with van der Waals surface area (Å²) in [5, 5.41) is 11.8. The molecule has 4 rings (SSSR count). The van der Waals surface area contributed by atoms with E-state index in [1.807, 2.05) is 18.2 Å². The fraction of sp³-hybridized carbons (Fsp3) is 0.167. The van der Waals surface area contributed by atoms with Gasteiger partial charge in [0, 0.05) is 35.4 Å². The molecule has 0 saturated heterocycles. The Balaban J connectivity index is 0.00000256. The molecule has 0 aromatic heterocycles. The van der Waals surface area contributed by atoms with Crippen molar-refractivity contribution in [3.05, 3.63) is 99.0 Å². The smallest absolute Gasteiger partial charge is 0.255 e. The van der Waals surface area contributed by atoms with Crippen LogP contribution in [0.3, 0.4) is 0 Å². The van der Waals surface area contributed by atoms with Crippen LogP contribution in [-0.2, 0) is 19.5 Å². The topological polar surface area (TPSA) is 56.1 Å². The van der Waals surface area contributed by atoms with Gasteiger partial charge in [-0.3, -0.25) is 9.69 Å². The molecule has 4 nitrogen and oxygen atoms in total. The molecule has 6 heteroatoms. The van der Waals surface area contributed by atoms with Crippen molar-refractivity contribution in [1.29, 1.82) is 5.26 Å². The van der Waals surface area contributed by atoms with Crippen LogP contribution in [0, 0.1) is 11.3 Å². The Kier molecular flexibility index (Phi) is 7.28. The van der Waals surface area contributed by atoms with Gasteiger partial charge in [0.15, 0.2) is 0 Å². The molecular weight excluding hydrogens is 462 g/mol. The van der Waals surface area contributed by atoms with Gasteiger partial charge in [0.2, 0.25) is 0 Å². The first-order chi connectivity index (χ1) is 14.1. The molecule has 0 saturated carbocycles. The van der Waals surface area contributed by atoms with Crippen molar-refractivity contribution in [2.45, 2.75) is 19.5 Å². The Hall–Kier alpha value is -2.65. The molecule has 0 radical (unpaired) electrons. The van der Waals surface area contributed by atoms with Gasteiger partial charge in [0.25, 0.3) is 5.91 Å². The quantitative estimate of drug-likeness (QED) is 0.530. The van der Waals surface area contributed by atoms with Gasteiger partial charge in [-0.1, -0.05) is 34.1 Å². The minimum atomic E-state index is -0.148. The number of benzene rings is 3. The van der Waals surface area contributed by atoms with E-state index in [9.17, 15) is 4.79 Å². The number of carbonyl (C=O) groups is 1. The van der Waals surface area contributed by atoms with Gasteiger partial charge in [0.05, 0.1) is 11.6 Å². The second-order valence-corrected chi connectivity index (χ2v) is 8.13. The highest BCUT2D eigenvalue weighted by Crippen LogP contribution is 2.24. The summed E-state index contributed by atoms with van der Waals surface area (Å²) >= 11 is 3.55. The highest BCUT2D eigenvalue weighted by molar-refractivity contribution is 9.10. The predicted octanol–water partition coefficient (Wildman–Crippen LogP) is 5.55. The maximum atomic E-state index is 12.6. The number of nitrogens with one attached hydrogen (secondary N) is 1. The van der Waals surface area contributed by atoms with E-state index in [1.165, 1.54) is 11.1 Å². The lowest BCUT2D eigenvalue weighted by Gasteiger charge is -2.29. The average molecular weight is 483 g/mol. The average Bonchev–Trinajstić information content (AvgIpc) is 2.74. The van der Waals surface area contributed by atoms with Gasteiger partial charge in [-0.15, -0.1) is 12.4 Å². The van der Waals surface area contributed by atoms with E-state index in [4.69, 9.17) is 5.26 Å². The van der Waals surface area contributed by atoms with Crippen molar-refractivity contribution in [3.63, 3.8) is 0 Å². The molecule has 0 aliphatic carbocycles. The molecule has 3 aromatic rings. The summed E-state index contributed by atoms with van der Waals surface area (Å²) in [6.07, 6.45) is 1.04. The largest absolute Gasteiger partial charge is 0.322 e. The number of nitriles is 1. The van der Waals surface area contributed by atoms with E-state index >= 15 is 0 Å². The van der Waals surface area contributed by atoms with Crippen LogP contribution in [0.5, 0.6) is 0 Å². The zero-order valence-electron chi connectivity index (χ0n) is 16.3. The number of anilines is 1. The van der Waals surface area contributed by atoms with Crippen LogP contribution < -0.4 is 5.32 Å². The summed E-state index contributed by atoms with van der Waals surface area (Å²) in [7, 11) is 0. The van der Waals surface area contributed by atoms with Crippen LogP contribution in [0.15, 0.2) is 71.2 Å². The number of amides is 1. The SMILES string of the molecule is Cl.N#Cc1ccc(NC(=O)c2cccc(CN3CCc4cc(Br)ccc4C3)c2)cc1. The molecular formula is C24H21BrClN3O. The number of hydrogen-bond donors (Lipinski definition) is 1. The standard InChI is InChI=1S/C24H20BrN3O.ClH/c25-22-7-6-21-16-28(11-10-19(21)13-22)15-18-2-1-3-20(12-18)24(29)27-23-8-4-17(14-26)5-9-23;/h1-9,12-13H,10-11,15-16H2,(H,27,29);1H. The monoisotopic (exact) mass is 481 g/mol. The van der Waals surface area contributed by atoms with Crippen molar-refractivity contribution >= 4 is 39.9 Å². The third-order valence-corrected chi connectivity index (χ3v) is 5.62. The van der Waals surface area contributed by atoms with E-state index in [0.29, 0.717) is 16.8 Å². The van der Waals surface area contributed by atoms with Crippen LogP contribution in [0.2, 0.25) is 0 Å². The van der Waals surface area contributed by atoms with E-state index < -0.39 is 0 Å². The molecule has 0 fully saturated rings. The van der Waals surface area contributed by atoms with Gasteiger partial charge in [-0.05, 0) is 71.6 Å². The third-order valence-electron chi connectivity index (χ3n) is 5.13. The molecule has 0 unspecified atom stereocenters. The number of rotatable bonds is 4. The predicted molar refractivity (Wildman–Crippen MR) is 125 cm³/mol. The maximum Gasteiger partial charge on any atom is 0.255 e. The molecule has 0 spiro atoms. The van der Waals surface area contributed by atoms with Crippen LogP contribution in [0.25, 0.3) is 0 Å². The van der Waals surface area contributed by atoms with E-state index in [0.717, 1.165) is 36.1 Å². The van der Waals surface area contributed by atoms with Crippen molar-refractivity contribution in [2.24, 2.45) is 0 Å². The zero-order valence-corrected chi connectivity index (χ0v) is 18.7. The normalized spacial score (nSPS) is 12.9. The Bertz CT molecular complexity index is 1090. The van der Waals surface area contributed by atoms with Gasteiger partial charge >= 0.3 is 0 Å². The first-order valence-electron chi connectivity index (χ1n) is 9.51. The van der Waals surface area contributed by atoms with Gasteiger partial charge in [-0.2, -0.15) is 5.26 Å². The number of halogens is 2. The molecule has 152 valence electrons. The molecule has 3 aromatic carbocycles. The lowest BCUT2D eigenvalue weighted by atomic mass is 9.99. The van der Waals surface area contributed by atoms with Gasteiger partial charge < -0.3 is 5.32 Å². The summed E-state index contributed by atoms with van der Waals surface area (Å²) in [5.74, 6) is -0.148. The lowest BCUT2D eigenvalue weighted by molar-refractivity contribution is 0.102. The Labute approximate surface area is 191 Å². The first-order valence-corrected chi connectivity index (χ1v) is 10.3. The third kappa shape index (κ3) is 5.28. The molecule has 0 atom stereocenters. The first kappa shape index (κ1) is 22.0. The lowest BCUT2D eigenvalue weighted by Crippen LogP contribution is -2.30. The summed E-state index contributed by atoms with van der Waals surface area (Å²) in [4.78, 5) is 15.0. The molecule has 1 heterocycles. The van der Waals surface area contributed by atoms with Crippen molar-refractivity contribution in [1.82, 2.24) is 4.90 Å². The minimum absolute atomic E-state index is 0. The van der Waals surface area contributed by atoms with E-state index in [-0.39, 0.29) is 18.3 Å². The molecule has 0 bridgehead atoms. The number of hydrogen-bond acceptors (Lipinski definition) is 3. The Morgan fingerprint density at radius 2 is 1.87 bits per heavy atom. The molecule has 30 heavy (non-hydrogen) atoms. The Morgan fingerprint density at radius 1 is 1.07 bits per heavy atom. The summed E-state index contributed by atoms with van der Waals surface area (Å²) in [5.41, 5.74) is 5.78. The Morgan fingerprint density at radius 3 is 2.63 bits per heavy atom.